The zero-order chi connectivity index (χ0) is 17.1. The summed E-state index contributed by atoms with van der Waals surface area (Å²) in [5, 5.41) is 2.67. The molecule has 1 amide bonds. The number of rotatable bonds is 5. The molecule has 1 heterocycles. The van der Waals surface area contributed by atoms with Crippen molar-refractivity contribution in [3.05, 3.63) is 35.4 Å². The van der Waals surface area contributed by atoms with Gasteiger partial charge in [0.05, 0.1) is 12.2 Å². The average Bonchev–Trinajstić information content (AvgIpc) is 2.90. The largest absolute Gasteiger partial charge is 0.416 e. The molecule has 0 aliphatic carbocycles. The Morgan fingerprint density at radius 1 is 1.35 bits per heavy atom. The Hall–Kier alpha value is -1.60. The number of likely N-dealkylation sites (N-methyl/N-ethyl adjacent to an activating group) is 1. The fourth-order valence-electron chi connectivity index (χ4n) is 3.14. The molecule has 1 aliphatic rings. The van der Waals surface area contributed by atoms with Gasteiger partial charge in [-0.05, 0) is 37.1 Å². The van der Waals surface area contributed by atoms with Crippen molar-refractivity contribution >= 4 is 5.91 Å². The number of carbonyl (C=O) groups is 1. The number of likely N-dealkylation sites (tertiary alicyclic amines) is 1. The van der Waals surface area contributed by atoms with E-state index in [2.05, 4.69) is 5.32 Å². The van der Waals surface area contributed by atoms with Gasteiger partial charge in [-0.1, -0.05) is 12.1 Å². The van der Waals surface area contributed by atoms with Gasteiger partial charge in [-0.2, -0.15) is 13.2 Å². The van der Waals surface area contributed by atoms with Gasteiger partial charge >= 0.3 is 6.18 Å². The fraction of sp³-hybridized carbons (Fsp3) is 0.562. The molecule has 0 saturated carbocycles. The average molecular weight is 330 g/mol. The van der Waals surface area contributed by atoms with Crippen molar-refractivity contribution in [3.63, 3.8) is 0 Å². The van der Waals surface area contributed by atoms with Gasteiger partial charge < -0.3 is 10.1 Å². The number of carbonyl (C=O) groups excluding carboxylic acids is 1. The molecule has 1 atom stereocenters. The van der Waals surface area contributed by atoms with Gasteiger partial charge in [0.15, 0.2) is 0 Å². The highest BCUT2D eigenvalue weighted by molar-refractivity contribution is 5.86. The van der Waals surface area contributed by atoms with E-state index >= 15 is 0 Å². The molecule has 0 spiro atoms. The maximum absolute atomic E-state index is 12.6. The second-order valence-electron chi connectivity index (χ2n) is 5.76. The van der Waals surface area contributed by atoms with Crippen LogP contribution in [0.1, 0.15) is 24.0 Å². The predicted molar refractivity (Wildman–Crippen MR) is 79.8 cm³/mol. The van der Waals surface area contributed by atoms with Crippen LogP contribution in [0, 0.1) is 0 Å². The van der Waals surface area contributed by atoms with E-state index in [1.165, 1.54) is 12.1 Å². The molecule has 1 aromatic carbocycles. The van der Waals surface area contributed by atoms with Gasteiger partial charge in [-0.25, -0.2) is 0 Å². The molecule has 7 heteroatoms. The predicted octanol–water partition coefficient (Wildman–Crippen LogP) is 2.43. The molecule has 1 fully saturated rings. The SMILES string of the molecule is CNC(=O)C1(COC)CCCN1Cc1ccc(C(F)(F)F)cc1. The van der Waals surface area contributed by atoms with E-state index in [9.17, 15) is 18.0 Å². The molecule has 23 heavy (non-hydrogen) atoms. The van der Waals surface area contributed by atoms with Crippen molar-refractivity contribution in [2.24, 2.45) is 0 Å². The topological polar surface area (TPSA) is 41.6 Å². The molecule has 4 nitrogen and oxygen atoms in total. The van der Waals surface area contributed by atoms with Crippen molar-refractivity contribution in [2.75, 3.05) is 27.3 Å². The van der Waals surface area contributed by atoms with Crippen LogP contribution in [0.3, 0.4) is 0 Å². The summed E-state index contributed by atoms with van der Waals surface area (Å²) in [5.41, 5.74) is -0.687. The van der Waals surface area contributed by atoms with Gasteiger partial charge in [-0.15, -0.1) is 0 Å². The minimum Gasteiger partial charge on any atom is -0.382 e. The summed E-state index contributed by atoms with van der Waals surface area (Å²) in [6.45, 7) is 1.38. The number of benzene rings is 1. The van der Waals surface area contributed by atoms with Crippen LogP contribution in [0.4, 0.5) is 13.2 Å². The summed E-state index contributed by atoms with van der Waals surface area (Å²) in [4.78, 5) is 14.3. The van der Waals surface area contributed by atoms with Crippen LogP contribution in [0.2, 0.25) is 0 Å². The molecule has 0 aromatic heterocycles. The second kappa shape index (κ2) is 6.88. The summed E-state index contributed by atoms with van der Waals surface area (Å²) >= 11 is 0. The highest BCUT2D eigenvalue weighted by Crippen LogP contribution is 2.33. The molecule has 1 saturated heterocycles. The van der Waals surface area contributed by atoms with Crippen LogP contribution in [0.15, 0.2) is 24.3 Å². The van der Waals surface area contributed by atoms with E-state index in [1.807, 2.05) is 4.90 Å². The molecular weight excluding hydrogens is 309 g/mol. The maximum Gasteiger partial charge on any atom is 0.416 e. The van der Waals surface area contributed by atoms with E-state index in [0.29, 0.717) is 19.5 Å². The van der Waals surface area contributed by atoms with Crippen LogP contribution in [0.5, 0.6) is 0 Å². The third kappa shape index (κ3) is 3.67. The van der Waals surface area contributed by atoms with Crippen molar-refractivity contribution < 1.29 is 22.7 Å². The van der Waals surface area contributed by atoms with Gasteiger partial charge in [0.2, 0.25) is 5.91 Å². The molecule has 1 aromatic rings. The van der Waals surface area contributed by atoms with Gasteiger partial charge in [0, 0.05) is 20.7 Å². The summed E-state index contributed by atoms with van der Waals surface area (Å²) < 4.78 is 43.1. The number of hydrogen-bond acceptors (Lipinski definition) is 3. The Balaban J connectivity index is 2.18. The number of hydrogen-bond donors (Lipinski definition) is 1. The van der Waals surface area contributed by atoms with E-state index in [4.69, 9.17) is 4.74 Å². The van der Waals surface area contributed by atoms with E-state index in [-0.39, 0.29) is 12.5 Å². The first-order valence-electron chi connectivity index (χ1n) is 7.46. The number of methoxy groups -OCH3 is 1. The lowest BCUT2D eigenvalue weighted by Crippen LogP contribution is -2.57. The summed E-state index contributed by atoms with van der Waals surface area (Å²) in [6.07, 6.45) is -2.83. The number of halogens is 3. The molecule has 1 unspecified atom stereocenters. The zero-order valence-electron chi connectivity index (χ0n) is 13.2. The van der Waals surface area contributed by atoms with Crippen molar-refractivity contribution in [3.8, 4) is 0 Å². The number of amides is 1. The molecule has 128 valence electrons. The second-order valence-corrected chi connectivity index (χ2v) is 5.76. The number of nitrogens with one attached hydrogen (secondary N) is 1. The first kappa shape index (κ1) is 17.7. The van der Waals surface area contributed by atoms with E-state index in [1.54, 1.807) is 14.2 Å². The fourth-order valence-corrected chi connectivity index (χ4v) is 3.14. The zero-order valence-corrected chi connectivity index (χ0v) is 13.2. The molecule has 1 aliphatic heterocycles. The number of alkyl halides is 3. The lowest BCUT2D eigenvalue weighted by atomic mass is 9.95. The smallest absolute Gasteiger partial charge is 0.382 e. The first-order valence-corrected chi connectivity index (χ1v) is 7.46. The number of ether oxygens (including phenoxy) is 1. The number of nitrogens with zero attached hydrogens (tertiary/aromatic N) is 1. The molecule has 0 radical (unpaired) electrons. The minimum atomic E-state index is -4.34. The summed E-state index contributed by atoms with van der Waals surface area (Å²) in [7, 11) is 3.12. The van der Waals surface area contributed by atoms with Crippen LogP contribution >= 0.6 is 0 Å². The lowest BCUT2D eigenvalue weighted by molar-refractivity contribution is -0.137. The molecule has 2 rings (SSSR count). The summed E-state index contributed by atoms with van der Waals surface area (Å²) in [5.74, 6) is -0.122. The Bertz CT molecular complexity index is 545. The van der Waals surface area contributed by atoms with Gasteiger partial charge in [0.25, 0.3) is 0 Å². The Labute approximate surface area is 133 Å². The highest BCUT2D eigenvalue weighted by atomic mass is 19.4. The first-order chi connectivity index (χ1) is 10.8. The van der Waals surface area contributed by atoms with Crippen LogP contribution in [-0.4, -0.2) is 43.7 Å². The van der Waals surface area contributed by atoms with Crippen LogP contribution in [-0.2, 0) is 22.3 Å². The van der Waals surface area contributed by atoms with E-state index in [0.717, 1.165) is 24.1 Å². The third-order valence-electron chi connectivity index (χ3n) is 4.31. The van der Waals surface area contributed by atoms with Crippen LogP contribution in [0.25, 0.3) is 0 Å². The molecule has 1 N–H and O–H groups in total. The molecular formula is C16H21F3N2O2. The van der Waals surface area contributed by atoms with Gasteiger partial charge in [0.1, 0.15) is 5.54 Å². The Morgan fingerprint density at radius 2 is 2.00 bits per heavy atom. The summed E-state index contributed by atoms with van der Waals surface area (Å²) in [6, 6.07) is 5.07. The molecule has 0 bridgehead atoms. The third-order valence-corrected chi connectivity index (χ3v) is 4.31. The standard InChI is InChI=1S/C16H21F3N2O2/c1-20-14(22)15(11-23-2)8-3-9-21(15)10-12-4-6-13(7-5-12)16(17,18)19/h4-7H,3,8-11H2,1-2H3,(H,20,22). The quantitative estimate of drug-likeness (QED) is 0.902. The van der Waals surface area contributed by atoms with Crippen molar-refractivity contribution in [2.45, 2.75) is 31.1 Å². The monoisotopic (exact) mass is 330 g/mol. The van der Waals surface area contributed by atoms with Crippen molar-refractivity contribution in [1.82, 2.24) is 10.2 Å². The minimum absolute atomic E-state index is 0.122. The Kier molecular flexibility index (Phi) is 5.31. The maximum atomic E-state index is 12.6. The lowest BCUT2D eigenvalue weighted by Gasteiger charge is -2.36. The van der Waals surface area contributed by atoms with Crippen LogP contribution < -0.4 is 5.32 Å². The van der Waals surface area contributed by atoms with Crippen molar-refractivity contribution in [1.29, 1.82) is 0 Å². The Morgan fingerprint density at radius 3 is 2.52 bits per heavy atom. The normalized spacial score (nSPS) is 22.3. The van der Waals surface area contributed by atoms with E-state index < -0.39 is 17.3 Å². The highest BCUT2D eigenvalue weighted by Gasteiger charge is 2.47. The van der Waals surface area contributed by atoms with Gasteiger partial charge in [-0.3, -0.25) is 9.69 Å².